The first-order valence-corrected chi connectivity index (χ1v) is 9.94. The molecule has 0 bridgehead atoms. The molecule has 33 heavy (non-hydrogen) atoms. The zero-order chi connectivity index (χ0) is 23.4. The zero-order valence-electron chi connectivity index (χ0n) is 17.5. The molecule has 0 spiro atoms. The van der Waals surface area contributed by atoms with Gasteiger partial charge >= 0.3 is 0 Å². The highest BCUT2D eigenvalue weighted by Crippen LogP contribution is 2.13. The number of benzene rings is 2. The van der Waals surface area contributed by atoms with Crippen molar-refractivity contribution in [1.29, 1.82) is 0 Å². The molecule has 2 amide bonds. The standard InChI is InChI=1S/C24H19FN4O4/c1-33-18-10-6-16(7-11-18)22(30)28-20-14-26-21-19(3-2-12-29(21)24(20)32)23(31)27-13-15-4-8-17(25)9-5-15/h2-12,14H,13H2,1H3,(H,27,31)(H,28,30). The number of fused-ring (bicyclic) bond motifs is 1. The molecule has 0 aliphatic rings. The zero-order valence-corrected chi connectivity index (χ0v) is 17.5. The van der Waals surface area contributed by atoms with E-state index in [0.29, 0.717) is 11.3 Å². The highest BCUT2D eigenvalue weighted by atomic mass is 19.1. The number of carbonyl (C=O) groups excluding carboxylic acids is 2. The van der Waals surface area contributed by atoms with Crippen molar-refractivity contribution in [3.8, 4) is 5.75 Å². The number of carbonyl (C=O) groups is 2. The lowest BCUT2D eigenvalue weighted by molar-refractivity contribution is 0.0951. The lowest BCUT2D eigenvalue weighted by Crippen LogP contribution is -2.27. The van der Waals surface area contributed by atoms with Crippen LogP contribution in [0.2, 0.25) is 0 Å². The van der Waals surface area contributed by atoms with Crippen molar-refractivity contribution in [2.45, 2.75) is 6.54 Å². The van der Waals surface area contributed by atoms with Gasteiger partial charge in [-0.3, -0.25) is 18.8 Å². The van der Waals surface area contributed by atoms with Crippen molar-refractivity contribution in [3.05, 3.63) is 106 Å². The van der Waals surface area contributed by atoms with Gasteiger partial charge in [-0.15, -0.1) is 0 Å². The normalized spacial score (nSPS) is 10.6. The van der Waals surface area contributed by atoms with E-state index in [1.54, 1.807) is 36.4 Å². The Morgan fingerprint density at radius 1 is 1.03 bits per heavy atom. The van der Waals surface area contributed by atoms with Gasteiger partial charge < -0.3 is 15.4 Å². The van der Waals surface area contributed by atoms with E-state index < -0.39 is 17.4 Å². The number of rotatable bonds is 6. The number of ether oxygens (including phenoxy) is 1. The Bertz CT molecular complexity index is 1380. The van der Waals surface area contributed by atoms with Gasteiger partial charge in [0.1, 0.15) is 17.3 Å². The van der Waals surface area contributed by atoms with Gasteiger partial charge in [-0.25, -0.2) is 9.37 Å². The summed E-state index contributed by atoms with van der Waals surface area (Å²) in [5.74, 6) is -0.689. The lowest BCUT2D eigenvalue weighted by Gasteiger charge is -2.10. The molecule has 0 saturated heterocycles. The summed E-state index contributed by atoms with van der Waals surface area (Å²) in [5, 5.41) is 5.28. The molecule has 0 fully saturated rings. The van der Waals surface area contributed by atoms with Gasteiger partial charge in [0.05, 0.1) is 18.9 Å². The summed E-state index contributed by atoms with van der Waals surface area (Å²) in [5.41, 5.74) is 0.825. The SMILES string of the molecule is COc1ccc(C(=O)Nc2cnc3c(C(=O)NCc4ccc(F)cc4)cccn3c2=O)cc1. The summed E-state index contributed by atoms with van der Waals surface area (Å²) in [4.78, 5) is 42.3. The minimum absolute atomic E-state index is 0.0304. The van der Waals surface area contributed by atoms with Gasteiger partial charge in [0.2, 0.25) is 0 Å². The molecule has 166 valence electrons. The van der Waals surface area contributed by atoms with E-state index >= 15 is 0 Å². The van der Waals surface area contributed by atoms with Crippen molar-refractivity contribution in [2.75, 3.05) is 12.4 Å². The molecular formula is C24H19FN4O4. The van der Waals surface area contributed by atoms with Gasteiger partial charge in [0.25, 0.3) is 17.4 Å². The number of methoxy groups -OCH3 is 1. The molecule has 9 heteroatoms. The predicted molar refractivity (Wildman–Crippen MR) is 120 cm³/mol. The lowest BCUT2D eigenvalue weighted by atomic mass is 10.2. The van der Waals surface area contributed by atoms with Crippen molar-refractivity contribution in [1.82, 2.24) is 14.7 Å². The maximum atomic E-state index is 13.0. The Hall–Kier alpha value is -4.53. The van der Waals surface area contributed by atoms with Crippen LogP contribution >= 0.6 is 0 Å². The fraction of sp³-hybridized carbons (Fsp3) is 0.0833. The first-order valence-electron chi connectivity index (χ1n) is 9.94. The maximum absolute atomic E-state index is 13.0. The topological polar surface area (TPSA) is 102 Å². The average Bonchev–Trinajstić information content (AvgIpc) is 2.85. The van der Waals surface area contributed by atoms with E-state index in [-0.39, 0.29) is 29.3 Å². The average molecular weight is 446 g/mol. The Kier molecular flexibility index (Phi) is 6.12. The van der Waals surface area contributed by atoms with Crippen LogP contribution in [0.1, 0.15) is 26.3 Å². The molecule has 0 aliphatic carbocycles. The van der Waals surface area contributed by atoms with E-state index in [9.17, 15) is 18.8 Å². The van der Waals surface area contributed by atoms with E-state index in [2.05, 4.69) is 15.6 Å². The molecule has 2 aromatic heterocycles. The number of aromatic nitrogens is 2. The molecular weight excluding hydrogens is 427 g/mol. The molecule has 0 atom stereocenters. The molecule has 4 rings (SSSR count). The number of pyridine rings is 1. The second-order valence-corrected chi connectivity index (χ2v) is 7.08. The first kappa shape index (κ1) is 21.7. The minimum atomic E-state index is -0.532. The van der Waals surface area contributed by atoms with Crippen LogP contribution in [-0.4, -0.2) is 28.3 Å². The summed E-state index contributed by atoms with van der Waals surface area (Å²) in [6, 6.07) is 15.3. The quantitative estimate of drug-likeness (QED) is 0.474. The van der Waals surface area contributed by atoms with Crippen LogP contribution in [0.25, 0.3) is 5.65 Å². The first-order chi connectivity index (χ1) is 16.0. The van der Waals surface area contributed by atoms with Crippen LogP contribution in [-0.2, 0) is 6.54 Å². The third-order valence-electron chi connectivity index (χ3n) is 4.94. The van der Waals surface area contributed by atoms with Crippen molar-refractivity contribution in [3.63, 3.8) is 0 Å². The molecule has 0 radical (unpaired) electrons. The van der Waals surface area contributed by atoms with Crippen LogP contribution in [0, 0.1) is 5.82 Å². The van der Waals surface area contributed by atoms with Gasteiger partial charge in [0, 0.05) is 18.3 Å². The van der Waals surface area contributed by atoms with Crippen molar-refractivity contribution < 1.29 is 18.7 Å². The van der Waals surface area contributed by atoms with E-state index in [0.717, 1.165) is 5.56 Å². The molecule has 2 aromatic carbocycles. The highest BCUT2D eigenvalue weighted by Gasteiger charge is 2.15. The second kappa shape index (κ2) is 9.31. The molecule has 8 nitrogen and oxygen atoms in total. The summed E-state index contributed by atoms with van der Waals surface area (Å²) < 4.78 is 19.3. The fourth-order valence-corrected chi connectivity index (χ4v) is 3.19. The number of halogens is 1. The number of amides is 2. The Balaban J connectivity index is 1.55. The van der Waals surface area contributed by atoms with Crippen molar-refractivity contribution >= 4 is 23.1 Å². The van der Waals surface area contributed by atoms with Gasteiger partial charge in [-0.2, -0.15) is 0 Å². The fourth-order valence-electron chi connectivity index (χ4n) is 3.19. The molecule has 4 aromatic rings. The van der Waals surface area contributed by atoms with E-state index in [1.807, 2.05) is 0 Å². The summed E-state index contributed by atoms with van der Waals surface area (Å²) in [7, 11) is 1.52. The Morgan fingerprint density at radius 2 is 1.76 bits per heavy atom. The van der Waals surface area contributed by atoms with Crippen LogP contribution < -0.4 is 20.9 Å². The molecule has 2 heterocycles. The van der Waals surface area contributed by atoms with Crippen molar-refractivity contribution in [2.24, 2.45) is 0 Å². The highest BCUT2D eigenvalue weighted by molar-refractivity contribution is 6.04. The Labute approximate surface area is 187 Å². The molecule has 0 aliphatic heterocycles. The smallest absolute Gasteiger partial charge is 0.281 e. The summed E-state index contributed by atoms with van der Waals surface area (Å²) in [6.45, 7) is 0.181. The second-order valence-electron chi connectivity index (χ2n) is 7.08. The third kappa shape index (κ3) is 4.72. The van der Waals surface area contributed by atoms with Gasteiger partial charge in [-0.1, -0.05) is 12.1 Å². The summed E-state index contributed by atoms with van der Waals surface area (Å²) >= 11 is 0. The number of nitrogens with one attached hydrogen (secondary N) is 2. The van der Waals surface area contributed by atoms with Crippen LogP contribution in [0.3, 0.4) is 0 Å². The van der Waals surface area contributed by atoms with Gasteiger partial charge in [-0.05, 0) is 54.1 Å². The Morgan fingerprint density at radius 3 is 2.45 bits per heavy atom. The van der Waals surface area contributed by atoms with Crippen LogP contribution in [0.4, 0.5) is 10.1 Å². The van der Waals surface area contributed by atoms with Gasteiger partial charge in [0.15, 0.2) is 5.65 Å². The monoisotopic (exact) mass is 446 g/mol. The molecule has 2 N–H and O–H groups in total. The predicted octanol–water partition coefficient (Wildman–Crippen LogP) is 3.02. The number of hydrogen-bond acceptors (Lipinski definition) is 5. The van der Waals surface area contributed by atoms with Crippen LogP contribution in [0.15, 0.2) is 77.9 Å². The maximum Gasteiger partial charge on any atom is 0.281 e. The molecule has 0 unspecified atom stereocenters. The number of nitrogens with zero attached hydrogens (tertiary/aromatic N) is 2. The van der Waals surface area contributed by atoms with E-state index in [1.165, 1.54) is 48.2 Å². The van der Waals surface area contributed by atoms with E-state index in [4.69, 9.17) is 4.74 Å². The van der Waals surface area contributed by atoms with Crippen LogP contribution in [0.5, 0.6) is 5.75 Å². The molecule has 0 saturated carbocycles. The minimum Gasteiger partial charge on any atom is -0.497 e. The largest absolute Gasteiger partial charge is 0.497 e. The third-order valence-corrected chi connectivity index (χ3v) is 4.94. The summed E-state index contributed by atoms with van der Waals surface area (Å²) in [6.07, 6.45) is 2.68. The number of anilines is 1. The number of hydrogen-bond donors (Lipinski definition) is 2.